The summed E-state index contributed by atoms with van der Waals surface area (Å²) >= 11 is 0. The quantitative estimate of drug-likeness (QED) is 0.782. The number of halogens is 3. The van der Waals surface area contributed by atoms with E-state index in [0.29, 0.717) is 19.1 Å². The van der Waals surface area contributed by atoms with E-state index in [2.05, 4.69) is 24.1 Å². The van der Waals surface area contributed by atoms with Crippen molar-refractivity contribution in [2.45, 2.75) is 38.9 Å². The van der Waals surface area contributed by atoms with Gasteiger partial charge < -0.3 is 10.1 Å². The zero-order chi connectivity index (χ0) is 16.0. The standard InChI is InChI=1S/C14H25F3N2O2/c1-10(2)11-8-19(6-7-21-3)9-12(11)18-13(20)4-5-14(15,16)17/h10-12H,4-9H2,1-3H3,(H,18,20)/t11-,12+/m0/s1. The number of nitrogens with one attached hydrogen (secondary N) is 1. The Morgan fingerprint density at radius 1 is 1.38 bits per heavy atom. The second-order valence-corrected chi connectivity index (χ2v) is 5.95. The van der Waals surface area contributed by atoms with E-state index in [1.54, 1.807) is 7.11 Å². The van der Waals surface area contributed by atoms with Gasteiger partial charge in [0.15, 0.2) is 0 Å². The zero-order valence-electron chi connectivity index (χ0n) is 12.9. The van der Waals surface area contributed by atoms with Crippen LogP contribution in [0.15, 0.2) is 0 Å². The number of rotatable bonds is 7. The number of hydrogen-bond donors (Lipinski definition) is 1. The second-order valence-electron chi connectivity index (χ2n) is 5.95. The minimum Gasteiger partial charge on any atom is -0.383 e. The van der Waals surface area contributed by atoms with Crippen LogP contribution < -0.4 is 5.32 Å². The molecule has 0 aromatic rings. The van der Waals surface area contributed by atoms with Crippen molar-refractivity contribution in [2.75, 3.05) is 33.4 Å². The summed E-state index contributed by atoms with van der Waals surface area (Å²) in [4.78, 5) is 13.9. The van der Waals surface area contributed by atoms with Crippen LogP contribution in [-0.4, -0.2) is 56.4 Å². The van der Waals surface area contributed by atoms with Gasteiger partial charge in [-0.25, -0.2) is 0 Å². The molecule has 0 aliphatic carbocycles. The summed E-state index contributed by atoms with van der Waals surface area (Å²) in [5.41, 5.74) is 0. The smallest absolute Gasteiger partial charge is 0.383 e. The van der Waals surface area contributed by atoms with Crippen molar-refractivity contribution >= 4 is 5.91 Å². The SMILES string of the molecule is COCCN1C[C@@H](NC(=O)CCC(F)(F)F)[C@H](C(C)C)C1. The van der Waals surface area contributed by atoms with E-state index in [0.717, 1.165) is 13.1 Å². The van der Waals surface area contributed by atoms with Crippen molar-refractivity contribution in [3.63, 3.8) is 0 Å². The fraction of sp³-hybridized carbons (Fsp3) is 0.929. The third kappa shape index (κ3) is 6.65. The van der Waals surface area contributed by atoms with Gasteiger partial charge in [-0.1, -0.05) is 13.8 Å². The normalized spacial score (nSPS) is 23.8. The van der Waals surface area contributed by atoms with Crippen molar-refractivity contribution in [1.82, 2.24) is 10.2 Å². The van der Waals surface area contributed by atoms with Crippen LogP contribution in [0.1, 0.15) is 26.7 Å². The fourth-order valence-electron chi connectivity index (χ4n) is 2.68. The monoisotopic (exact) mass is 310 g/mol. The highest BCUT2D eigenvalue weighted by Crippen LogP contribution is 2.25. The lowest BCUT2D eigenvalue weighted by atomic mass is 9.91. The van der Waals surface area contributed by atoms with Gasteiger partial charge in [0.1, 0.15) is 0 Å². The van der Waals surface area contributed by atoms with E-state index < -0.39 is 24.9 Å². The lowest BCUT2D eigenvalue weighted by molar-refractivity contribution is -0.144. The molecule has 0 radical (unpaired) electrons. The minimum atomic E-state index is -4.28. The molecule has 1 rings (SSSR count). The van der Waals surface area contributed by atoms with Crippen LogP contribution in [0.25, 0.3) is 0 Å². The Kier molecular flexibility index (Phi) is 6.93. The molecule has 4 nitrogen and oxygen atoms in total. The van der Waals surface area contributed by atoms with Crippen LogP contribution in [-0.2, 0) is 9.53 Å². The number of carbonyl (C=O) groups is 1. The number of alkyl halides is 3. The predicted molar refractivity (Wildman–Crippen MR) is 73.9 cm³/mol. The van der Waals surface area contributed by atoms with E-state index >= 15 is 0 Å². The van der Waals surface area contributed by atoms with Crippen molar-refractivity contribution in [3.8, 4) is 0 Å². The average Bonchev–Trinajstić information content (AvgIpc) is 2.76. The number of ether oxygens (including phenoxy) is 1. The van der Waals surface area contributed by atoms with Crippen LogP contribution in [0.5, 0.6) is 0 Å². The number of methoxy groups -OCH3 is 1. The van der Waals surface area contributed by atoms with Gasteiger partial charge >= 0.3 is 6.18 Å². The van der Waals surface area contributed by atoms with Gasteiger partial charge in [0.05, 0.1) is 13.0 Å². The Morgan fingerprint density at radius 3 is 2.57 bits per heavy atom. The summed E-state index contributed by atoms with van der Waals surface area (Å²) in [5, 5.41) is 2.77. The molecular formula is C14H25F3N2O2. The fourth-order valence-corrected chi connectivity index (χ4v) is 2.68. The third-order valence-electron chi connectivity index (χ3n) is 3.89. The first-order chi connectivity index (χ1) is 9.73. The third-order valence-corrected chi connectivity index (χ3v) is 3.89. The Hall–Kier alpha value is -0.820. The molecule has 0 bridgehead atoms. The molecule has 1 saturated heterocycles. The van der Waals surface area contributed by atoms with Crippen LogP contribution >= 0.6 is 0 Å². The van der Waals surface area contributed by atoms with Crippen LogP contribution in [0, 0.1) is 11.8 Å². The van der Waals surface area contributed by atoms with E-state index in [9.17, 15) is 18.0 Å². The summed E-state index contributed by atoms with van der Waals surface area (Å²) in [5.74, 6) is 0.110. The van der Waals surface area contributed by atoms with Gasteiger partial charge in [-0.05, 0) is 11.8 Å². The maximum Gasteiger partial charge on any atom is 0.389 e. The number of amides is 1. The maximum atomic E-state index is 12.1. The summed E-state index contributed by atoms with van der Waals surface area (Å²) in [6.45, 7) is 7.03. The molecular weight excluding hydrogens is 285 g/mol. The van der Waals surface area contributed by atoms with E-state index in [4.69, 9.17) is 4.74 Å². The van der Waals surface area contributed by atoms with E-state index in [-0.39, 0.29) is 12.0 Å². The Balaban J connectivity index is 2.48. The van der Waals surface area contributed by atoms with E-state index in [1.165, 1.54) is 0 Å². The summed E-state index contributed by atoms with van der Waals surface area (Å²) < 4.78 is 41.4. The highest BCUT2D eigenvalue weighted by atomic mass is 19.4. The second kappa shape index (κ2) is 7.98. The van der Waals surface area contributed by atoms with Crippen LogP contribution in [0.4, 0.5) is 13.2 Å². The van der Waals surface area contributed by atoms with Crippen molar-refractivity contribution in [2.24, 2.45) is 11.8 Å². The van der Waals surface area contributed by atoms with Gasteiger partial charge in [-0.3, -0.25) is 9.69 Å². The number of likely N-dealkylation sites (tertiary alicyclic amines) is 1. The van der Waals surface area contributed by atoms with Crippen LogP contribution in [0.2, 0.25) is 0 Å². The zero-order valence-corrected chi connectivity index (χ0v) is 12.9. The van der Waals surface area contributed by atoms with Gasteiger partial charge in [-0.2, -0.15) is 13.2 Å². The molecule has 1 aliphatic heterocycles. The molecule has 0 aromatic carbocycles. The predicted octanol–water partition coefficient (Wildman–Crippen LogP) is 2.05. The first-order valence-corrected chi connectivity index (χ1v) is 7.30. The maximum absolute atomic E-state index is 12.1. The first kappa shape index (κ1) is 18.2. The first-order valence-electron chi connectivity index (χ1n) is 7.30. The highest BCUT2D eigenvalue weighted by Gasteiger charge is 2.36. The molecule has 0 saturated carbocycles. The lowest BCUT2D eigenvalue weighted by Crippen LogP contribution is -2.42. The number of nitrogens with zero attached hydrogens (tertiary/aromatic N) is 1. The lowest BCUT2D eigenvalue weighted by Gasteiger charge is -2.23. The molecule has 7 heteroatoms. The van der Waals surface area contributed by atoms with Crippen LogP contribution in [0.3, 0.4) is 0 Å². The molecule has 0 spiro atoms. The molecule has 2 atom stereocenters. The minimum absolute atomic E-state index is 0.0809. The van der Waals surface area contributed by atoms with E-state index in [1.807, 2.05) is 0 Å². The number of carbonyl (C=O) groups excluding carboxylic acids is 1. The molecule has 0 aromatic heterocycles. The average molecular weight is 310 g/mol. The number of hydrogen-bond acceptors (Lipinski definition) is 3. The topological polar surface area (TPSA) is 41.6 Å². The van der Waals surface area contributed by atoms with Crippen molar-refractivity contribution < 1.29 is 22.7 Å². The summed E-state index contributed by atoms with van der Waals surface area (Å²) in [6, 6.07) is -0.0809. The largest absolute Gasteiger partial charge is 0.389 e. The van der Waals surface area contributed by atoms with Crippen molar-refractivity contribution in [1.29, 1.82) is 0 Å². The Labute approximate surface area is 124 Å². The highest BCUT2D eigenvalue weighted by molar-refractivity contribution is 5.76. The molecule has 1 fully saturated rings. The molecule has 1 aliphatic rings. The molecule has 0 unspecified atom stereocenters. The Morgan fingerprint density at radius 2 is 2.05 bits per heavy atom. The molecule has 1 amide bonds. The van der Waals surface area contributed by atoms with Crippen molar-refractivity contribution in [3.05, 3.63) is 0 Å². The molecule has 1 heterocycles. The van der Waals surface area contributed by atoms with Gasteiger partial charge in [-0.15, -0.1) is 0 Å². The molecule has 1 N–H and O–H groups in total. The summed E-state index contributed by atoms with van der Waals surface area (Å²) in [7, 11) is 1.63. The van der Waals surface area contributed by atoms with Gasteiger partial charge in [0, 0.05) is 39.2 Å². The summed E-state index contributed by atoms with van der Waals surface area (Å²) in [6.07, 6.45) is -5.84. The Bertz CT molecular complexity index is 335. The van der Waals surface area contributed by atoms with Gasteiger partial charge in [0.2, 0.25) is 5.91 Å². The molecule has 21 heavy (non-hydrogen) atoms. The van der Waals surface area contributed by atoms with Gasteiger partial charge in [0.25, 0.3) is 0 Å². The molecule has 124 valence electrons.